The van der Waals surface area contributed by atoms with Crippen molar-refractivity contribution in [2.75, 3.05) is 11.9 Å². The molecule has 0 fully saturated rings. The topological polar surface area (TPSA) is 72.8 Å². The van der Waals surface area contributed by atoms with E-state index in [2.05, 4.69) is 16.3 Å². The maximum absolute atomic E-state index is 12.6. The third-order valence-corrected chi connectivity index (χ3v) is 3.36. The van der Waals surface area contributed by atoms with E-state index in [0.717, 1.165) is 10.9 Å². The lowest BCUT2D eigenvalue weighted by atomic mass is 10.1. The number of aromatic amines is 1. The van der Waals surface area contributed by atoms with Crippen LogP contribution in [0.25, 0.3) is 10.9 Å². The number of amides is 1. The highest BCUT2D eigenvalue weighted by molar-refractivity contribution is 6.12. The van der Waals surface area contributed by atoms with E-state index in [1.165, 1.54) is 4.90 Å². The van der Waals surface area contributed by atoms with Gasteiger partial charge < -0.3 is 4.90 Å². The van der Waals surface area contributed by atoms with Gasteiger partial charge >= 0.3 is 0 Å². The molecule has 5 heteroatoms. The lowest BCUT2D eigenvalue weighted by Crippen LogP contribution is -2.27. The molecule has 0 atom stereocenters. The number of carbonyl (C=O) groups excluding carboxylic acids is 1. The molecule has 102 valence electrons. The lowest BCUT2D eigenvalue weighted by molar-refractivity contribution is 0.0989. The van der Waals surface area contributed by atoms with Gasteiger partial charge in [-0.3, -0.25) is 9.89 Å². The minimum atomic E-state index is -0.254. The molecule has 3 rings (SSSR count). The fourth-order valence-electron chi connectivity index (χ4n) is 2.26. The SMILES string of the molecule is CN(C(=O)c1n[nH]c2ccccc12)c1ccccc1C#N. The van der Waals surface area contributed by atoms with Crippen molar-refractivity contribution in [1.82, 2.24) is 10.2 Å². The van der Waals surface area contributed by atoms with Crippen molar-refractivity contribution < 1.29 is 4.79 Å². The Morgan fingerprint density at radius 2 is 1.90 bits per heavy atom. The number of nitriles is 1. The van der Waals surface area contributed by atoms with Crippen LogP contribution in [-0.4, -0.2) is 23.2 Å². The summed E-state index contributed by atoms with van der Waals surface area (Å²) >= 11 is 0. The average Bonchev–Trinajstić information content (AvgIpc) is 2.97. The number of fused-ring (bicyclic) bond motifs is 1. The molecule has 0 unspecified atom stereocenters. The Bertz CT molecular complexity index is 860. The van der Waals surface area contributed by atoms with Gasteiger partial charge in [-0.15, -0.1) is 0 Å². The van der Waals surface area contributed by atoms with E-state index in [1.807, 2.05) is 24.3 Å². The molecule has 0 bridgehead atoms. The summed E-state index contributed by atoms with van der Waals surface area (Å²) in [4.78, 5) is 14.1. The molecule has 0 radical (unpaired) electrons. The van der Waals surface area contributed by atoms with Gasteiger partial charge in [0.25, 0.3) is 5.91 Å². The second-order valence-electron chi connectivity index (χ2n) is 4.61. The number of hydrogen-bond acceptors (Lipinski definition) is 3. The number of para-hydroxylation sites is 2. The number of aromatic nitrogens is 2. The fourth-order valence-corrected chi connectivity index (χ4v) is 2.26. The molecule has 1 aromatic heterocycles. The summed E-state index contributed by atoms with van der Waals surface area (Å²) in [5.74, 6) is -0.254. The minimum Gasteiger partial charge on any atom is -0.309 e. The molecule has 1 heterocycles. The van der Waals surface area contributed by atoms with Gasteiger partial charge in [-0.05, 0) is 18.2 Å². The molecule has 0 aliphatic heterocycles. The van der Waals surface area contributed by atoms with E-state index in [9.17, 15) is 4.79 Å². The summed E-state index contributed by atoms with van der Waals surface area (Å²) in [5.41, 5.74) is 2.17. The molecular weight excluding hydrogens is 264 g/mol. The van der Waals surface area contributed by atoms with E-state index in [4.69, 9.17) is 5.26 Å². The van der Waals surface area contributed by atoms with Gasteiger partial charge in [0.15, 0.2) is 5.69 Å². The molecule has 1 amide bonds. The van der Waals surface area contributed by atoms with Crippen molar-refractivity contribution in [3.05, 3.63) is 59.8 Å². The minimum absolute atomic E-state index is 0.254. The summed E-state index contributed by atoms with van der Waals surface area (Å²) in [6, 6.07) is 16.5. The Morgan fingerprint density at radius 3 is 2.71 bits per heavy atom. The van der Waals surface area contributed by atoms with E-state index >= 15 is 0 Å². The van der Waals surface area contributed by atoms with E-state index in [0.29, 0.717) is 16.9 Å². The Hall–Kier alpha value is -3.13. The molecule has 0 saturated carbocycles. The van der Waals surface area contributed by atoms with Gasteiger partial charge in [0.2, 0.25) is 0 Å². The van der Waals surface area contributed by atoms with Crippen molar-refractivity contribution in [3.63, 3.8) is 0 Å². The number of carbonyl (C=O) groups is 1. The quantitative estimate of drug-likeness (QED) is 0.782. The number of benzene rings is 2. The third kappa shape index (κ3) is 2.13. The van der Waals surface area contributed by atoms with Crippen molar-refractivity contribution in [1.29, 1.82) is 5.26 Å². The van der Waals surface area contributed by atoms with Crippen molar-refractivity contribution >= 4 is 22.5 Å². The average molecular weight is 276 g/mol. The lowest BCUT2D eigenvalue weighted by Gasteiger charge is -2.17. The van der Waals surface area contributed by atoms with Crippen LogP contribution in [0.5, 0.6) is 0 Å². The van der Waals surface area contributed by atoms with Gasteiger partial charge in [0.1, 0.15) is 6.07 Å². The summed E-state index contributed by atoms with van der Waals surface area (Å²) in [7, 11) is 1.64. The molecule has 1 N–H and O–H groups in total. The zero-order valence-corrected chi connectivity index (χ0v) is 11.4. The molecule has 0 aliphatic carbocycles. The van der Waals surface area contributed by atoms with Crippen LogP contribution in [0.4, 0.5) is 5.69 Å². The number of rotatable bonds is 2. The van der Waals surface area contributed by atoms with Crippen LogP contribution in [0.2, 0.25) is 0 Å². The second kappa shape index (κ2) is 5.10. The van der Waals surface area contributed by atoms with E-state index < -0.39 is 0 Å². The number of H-pyrrole nitrogens is 1. The summed E-state index contributed by atoms with van der Waals surface area (Å²) in [6.45, 7) is 0. The van der Waals surface area contributed by atoms with Gasteiger partial charge in [-0.2, -0.15) is 10.4 Å². The Morgan fingerprint density at radius 1 is 1.19 bits per heavy atom. The smallest absolute Gasteiger partial charge is 0.279 e. The second-order valence-corrected chi connectivity index (χ2v) is 4.61. The number of nitrogens with zero attached hydrogens (tertiary/aromatic N) is 3. The first-order chi connectivity index (χ1) is 10.2. The van der Waals surface area contributed by atoms with Crippen LogP contribution in [0.1, 0.15) is 16.1 Å². The Labute approximate surface area is 121 Å². The van der Waals surface area contributed by atoms with Gasteiger partial charge in [-0.1, -0.05) is 30.3 Å². The van der Waals surface area contributed by atoms with Crippen LogP contribution in [0, 0.1) is 11.3 Å². The highest BCUT2D eigenvalue weighted by Gasteiger charge is 2.20. The summed E-state index contributed by atoms with van der Waals surface area (Å²) in [6.07, 6.45) is 0. The molecule has 5 nitrogen and oxygen atoms in total. The molecular formula is C16H12N4O. The van der Waals surface area contributed by atoms with Gasteiger partial charge in [-0.25, -0.2) is 0 Å². The monoisotopic (exact) mass is 276 g/mol. The molecule has 2 aromatic carbocycles. The summed E-state index contributed by atoms with van der Waals surface area (Å²) < 4.78 is 0. The predicted octanol–water partition coefficient (Wildman–Crippen LogP) is 2.71. The Balaban J connectivity index is 2.04. The van der Waals surface area contributed by atoms with Crippen LogP contribution in [-0.2, 0) is 0 Å². The largest absolute Gasteiger partial charge is 0.309 e. The molecule has 0 spiro atoms. The van der Waals surface area contributed by atoms with E-state index in [-0.39, 0.29) is 5.91 Å². The first-order valence-corrected chi connectivity index (χ1v) is 6.42. The molecule has 21 heavy (non-hydrogen) atoms. The normalized spacial score (nSPS) is 10.3. The van der Waals surface area contributed by atoms with Crippen molar-refractivity contribution in [2.24, 2.45) is 0 Å². The van der Waals surface area contributed by atoms with Gasteiger partial charge in [0.05, 0.1) is 16.8 Å². The first-order valence-electron chi connectivity index (χ1n) is 6.42. The maximum atomic E-state index is 12.6. The predicted molar refractivity (Wildman–Crippen MR) is 80.0 cm³/mol. The molecule has 0 aliphatic rings. The Kier molecular flexibility index (Phi) is 3.13. The standard InChI is InChI=1S/C16H12N4O/c1-20(14-9-5-2-6-11(14)10-17)16(21)15-12-7-3-4-8-13(12)18-19-15/h2-9H,1H3,(H,18,19). The first kappa shape index (κ1) is 12.9. The third-order valence-electron chi connectivity index (χ3n) is 3.36. The van der Waals surface area contributed by atoms with Crippen LogP contribution >= 0.6 is 0 Å². The molecule has 3 aromatic rings. The van der Waals surface area contributed by atoms with Crippen molar-refractivity contribution in [2.45, 2.75) is 0 Å². The zero-order chi connectivity index (χ0) is 14.8. The maximum Gasteiger partial charge on any atom is 0.279 e. The van der Waals surface area contributed by atoms with Crippen molar-refractivity contribution in [3.8, 4) is 6.07 Å². The summed E-state index contributed by atoms with van der Waals surface area (Å²) in [5, 5.41) is 16.8. The fraction of sp³-hybridized carbons (Fsp3) is 0.0625. The zero-order valence-electron chi connectivity index (χ0n) is 11.4. The molecule has 0 saturated heterocycles. The van der Waals surface area contributed by atoms with Crippen LogP contribution < -0.4 is 4.90 Å². The number of hydrogen-bond donors (Lipinski definition) is 1. The van der Waals surface area contributed by atoms with Crippen LogP contribution in [0.15, 0.2) is 48.5 Å². The van der Waals surface area contributed by atoms with Gasteiger partial charge in [0, 0.05) is 12.4 Å². The highest BCUT2D eigenvalue weighted by Crippen LogP contribution is 2.22. The van der Waals surface area contributed by atoms with Crippen LogP contribution in [0.3, 0.4) is 0 Å². The highest BCUT2D eigenvalue weighted by atomic mass is 16.2. The van der Waals surface area contributed by atoms with E-state index in [1.54, 1.807) is 31.3 Å². The number of anilines is 1. The number of nitrogens with one attached hydrogen (secondary N) is 1.